The van der Waals surface area contributed by atoms with Gasteiger partial charge in [-0.1, -0.05) is 12.1 Å². The Morgan fingerprint density at radius 2 is 2.05 bits per heavy atom. The molecule has 19 heavy (non-hydrogen) atoms. The van der Waals surface area contributed by atoms with Crippen LogP contribution in [0.5, 0.6) is 5.75 Å². The maximum absolute atomic E-state index is 11.4. The number of hydrogen-bond donors (Lipinski definition) is 0. The fourth-order valence-corrected chi connectivity index (χ4v) is 2.06. The van der Waals surface area contributed by atoms with Crippen LogP contribution in [-0.2, 0) is 9.53 Å². The van der Waals surface area contributed by atoms with E-state index in [-0.39, 0.29) is 0 Å². The van der Waals surface area contributed by atoms with Crippen molar-refractivity contribution in [3.63, 3.8) is 0 Å². The molecule has 1 atom stereocenters. The van der Waals surface area contributed by atoms with E-state index in [1.54, 1.807) is 6.92 Å². The van der Waals surface area contributed by atoms with Crippen molar-refractivity contribution in [2.75, 3.05) is 7.11 Å². The van der Waals surface area contributed by atoms with Gasteiger partial charge in [0.05, 0.1) is 7.11 Å². The van der Waals surface area contributed by atoms with Crippen LogP contribution in [0.1, 0.15) is 18.2 Å². The SMILES string of the molecule is COC(=O)C(C)Oc1cccc2c(C)cc(C)nc12. The summed E-state index contributed by atoms with van der Waals surface area (Å²) < 4.78 is 10.3. The highest BCUT2D eigenvalue weighted by Crippen LogP contribution is 2.27. The van der Waals surface area contributed by atoms with Gasteiger partial charge in [0.1, 0.15) is 11.3 Å². The number of aromatic nitrogens is 1. The number of nitrogens with zero attached hydrogens (tertiary/aromatic N) is 1. The molecule has 0 aliphatic carbocycles. The highest BCUT2D eigenvalue weighted by Gasteiger charge is 2.16. The van der Waals surface area contributed by atoms with E-state index in [1.807, 2.05) is 38.1 Å². The monoisotopic (exact) mass is 259 g/mol. The summed E-state index contributed by atoms with van der Waals surface area (Å²) in [6.07, 6.45) is -0.654. The Hall–Kier alpha value is -2.10. The molecule has 0 radical (unpaired) electrons. The molecule has 0 amide bonds. The second-order valence-electron chi connectivity index (χ2n) is 4.52. The maximum atomic E-state index is 11.4. The van der Waals surface area contributed by atoms with Crippen LogP contribution in [-0.4, -0.2) is 24.2 Å². The molecule has 100 valence electrons. The molecule has 0 bridgehead atoms. The zero-order valence-electron chi connectivity index (χ0n) is 11.6. The van der Waals surface area contributed by atoms with Crippen LogP contribution in [0.3, 0.4) is 0 Å². The molecule has 0 fully saturated rings. The molecule has 1 aromatic heterocycles. The van der Waals surface area contributed by atoms with Gasteiger partial charge >= 0.3 is 5.97 Å². The lowest BCUT2D eigenvalue weighted by Gasteiger charge is -2.14. The van der Waals surface area contributed by atoms with E-state index in [2.05, 4.69) is 9.72 Å². The van der Waals surface area contributed by atoms with Crippen LogP contribution in [0.25, 0.3) is 10.9 Å². The molecule has 1 unspecified atom stereocenters. The number of para-hydroxylation sites is 1. The van der Waals surface area contributed by atoms with Crippen LogP contribution < -0.4 is 4.74 Å². The molecule has 0 N–H and O–H groups in total. The normalized spacial score (nSPS) is 12.2. The highest BCUT2D eigenvalue weighted by molar-refractivity contribution is 5.87. The van der Waals surface area contributed by atoms with Crippen molar-refractivity contribution >= 4 is 16.9 Å². The Bertz CT molecular complexity index is 622. The number of esters is 1. The lowest BCUT2D eigenvalue weighted by molar-refractivity contribution is -0.147. The summed E-state index contributed by atoms with van der Waals surface area (Å²) in [6, 6.07) is 7.72. The lowest BCUT2D eigenvalue weighted by atomic mass is 10.1. The number of benzene rings is 1. The first-order chi connectivity index (χ1) is 9.02. The smallest absolute Gasteiger partial charge is 0.346 e. The summed E-state index contributed by atoms with van der Waals surface area (Å²) >= 11 is 0. The fraction of sp³-hybridized carbons (Fsp3) is 0.333. The third-order valence-corrected chi connectivity index (χ3v) is 2.97. The van der Waals surface area contributed by atoms with Gasteiger partial charge in [-0.15, -0.1) is 0 Å². The Labute approximate surface area is 112 Å². The van der Waals surface area contributed by atoms with E-state index >= 15 is 0 Å². The summed E-state index contributed by atoms with van der Waals surface area (Å²) in [7, 11) is 1.35. The average Bonchev–Trinajstić information content (AvgIpc) is 2.38. The van der Waals surface area contributed by atoms with Gasteiger partial charge in [0.2, 0.25) is 0 Å². The van der Waals surface area contributed by atoms with E-state index in [1.165, 1.54) is 7.11 Å². The number of ether oxygens (including phenoxy) is 2. The second kappa shape index (κ2) is 5.26. The summed E-state index contributed by atoms with van der Waals surface area (Å²) in [5.41, 5.74) is 2.83. The summed E-state index contributed by atoms with van der Waals surface area (Å²) in [6.45, 7) is 5.63. The third-order valence-electron chi connectivity index (χ3n) is 2.97. The Morgan fingerprint density at radius 3 is 2.74 bits per heavy atom. The first kappa shape index (κ1) is 13.3. The Balaban J connectivity index is 2.46. The number of pyridine rings is 1. The van der Waals surface area contributed by atoms with Gasteiger partial charge in [-0.25, -0.2) is 9.78 Å². The summed E-state index contributed by atoms with van der Waals surface area (Å²) in [5, 5.41) is 1.03. The minimum Gasteiger partial charge on any atom is -0.477 e. The molecule has 2 aromatic rings. The van der Waals surface area contributed by atoms with E-state index in [9.17, 15) is 4.79 Å². The van der Waals surface area contributed by atoms with Crippen molar-refractivity contribution in [1.29, 1.82) is 0 Å². The van der Waals surface area contributed by atoms with E-state index in [0.717, 1.165) is 22.2 Å². The predicted molar refractivity (Wildman–Crippen MR) is 73.3 cm³/mol. The zero-order valence-corrected chi connectivity index (χ0v) is 11.6. The van der Waals surface area contributed by atoms with Crippen LogP contribution in [0.2, 0.25) is 0 Å². The molecular formula is C15H17NO3. The van der Waals surface area contributed by atoms with Gasteiger partial charge in [0.15, 0.2) is 6.10 Å². The molecule has 0 saturated heterocycles. The molecule has 0 saturated carbocycles. The number of rotatable bonds is 3. The van der Waals surface area contributed by atoms with Crippen molar-refractivity contribution < 1.29 is 14.3 Å². The minimum atomic E-state index is -0.654. The number of carbonyl (C=O) groups excluding carboxylic acids is 1. The molecule has 0 spiro atoms. The zero-order chi connectivity index (χ0) is 14.0. The van der Waals surface area contributed by atoms with Gasteiger partial charge in [-0.3, -0.25) is 0 Å². The van der Waals surface area contributed by atoms with Crippen LogP contribution in [0, 0.1) is 13.8 Å². The van der Waals surface area contributed by atoms with Crippen LogP contribution >= 0.6 is 0 Å². The Morgan fingerprint density at radius 1 is 1.32 bits per heavy atom. The van der Waals surface area contributed by atoms with Crippen molar-refractivity contribution in [3.8, 4) is 5.75 Å². The number of methoxy groups -OCH3 is 1. The third kappa shape index (κ3) is 2.67. The van der Waals surface area contributed by atoms with E-state index in [0.29, 0.717) is 5.75 Å². The maximum Gasteiger partial charge on any atom is 0.346 e. The molecule has 1 aromatic carbocycles. The molecule has 2 rings (SSSR count). The average molecular weight is 259 g/mol. The second-order valence-corrected chi connectivity index (χ2v) is 4.52. The first-order valence-electron chi connectivity index (χ1n) is 6.14. The van der Waals surface area contributed by atoms with Crippen molar-refractivity contribution in [1.82, 2.24) is 4.98 Å². The molecule has 4 heteroatoms. The molecule has 1 heterocycles. The largest absolute Gasteiger partial charge is 0.477 e. The number of carbonyl (C=O) groups is 1. The molecule has 0 aliphatic rings. The number of aryl methyl sites for hydroxylation is 2. The minimum absolute atomic E-state index is 0.402. The summed E-state index contributed by atoms with van der Waals surface area (Å²) in [5.74, 6) is 0.198. The van der Waals surface area contributed by atoms with Crippen molar-refractivity contribution in [2.45, 2.75) is 26.9 Å². The van der Waals surface area contributed by atoms with Crippen LogP contribution in [0.4, 0.5) is 0 Å². The molecule has 4 nitrogen and oxygen atoms in total. The molecule has 0 aliphatic heterocycles. The van der Waals surface area contributed by atoms with Gasteiger partial charge in [0, 0.05) is 11.1 Å². The summed E-state index contributed by atoms with van der Waals surface area (Å²) in [4.78, 5) is 15.9. The quantitative estimate of drug-likeness (QED) is 0.795. The topological polar surface area (TPSA) is 48.4 Å². The van der Waals surface area contributed by atoms with Crippen LogP contribution in [0.15, 0.2) is 24.3 Å². The predicted octanol–water partition coefficient (Wildman–Crippen LogP) is 2.79. The number of fused-ring (bicyclic) bond motifs is 1. The lowest BCUT2D eigenvalue weighted by Crippen LogP contribution is -2.25. The molecular weight excluding hydrogens is 242 g/mol. The fourth-order valence-electron chi connectivity index (χ4n) is 2.06. The van der Waals surface area contributed by atoms with Gasteiger partial charge < -0.3 is 9.47 Å². The van der Waals surface area contributed by atoms with Gasteiger partial charge in [-0.2, -0.15) is 0 Å². The Kier molecular flexibility index (Phi) is 3.69. The first-order valence-corrected chi connectivity index (χ1v) is 6.14. The van der Waals surface area contributed by atoms with Gasteiger partial charge in [0.25, 0.3) is 0 Å². The van der Waals surface area contributed by atoms with Crippen molar-refractivity contribution in [3.05, 3.63) is 35.5 Å². The number of hydrogen-bond acceptors (Lipinski definition) is 4. The van der Waals surface area contributed by atoms with E-state index < -0.39 is 12.1 Å². The van der Waals surface area contributed by atoms with Crippen molar-refractivity contribution in [2.24, 2.45) is 0 Å². The highest BCUT2D eigenvalue weighted by atomic mass is 16.6. The van der Waals surface area contributed by atoms with E-state index in [4.69, 9.17) is 4.74 Å². The standard InChI is InChI=1S/C15H17NO3/c1-9-8-10(2)16-14-12(9)6-5-7-13(14)19-11(3)15(17)18-4/h5-8,11H,1-4H3. The van der Waals surface area contributed by atoms with Gasteiger partial charge in [-0.05, 0) is 38.5 Å².